The second kappa shape index (κ2) is 7.80. The smallest absolute Gasteiger partial charge is 0.165 e. The van der Waals surface area contributed by atoms with Gasteiger partial charge in [-0.05, 0) is 25.4 Å². The molecule has 8 heteroatoms. The minimum absolute atomic E-state index is 0.444. The summed E-state index contributed by atoms with van der Waals surface area (Å²) in [6, 6.07) is 1.62. The lowest BCUT2D eigenvalue weighted by molar-refractivity contribution is 0.0813. The number of ether oxygens (including phenoxy) is 1. The van der Waals surface area contributed by atoms with Crippen molar-refractivity contribution in [1.29, 1.82) is 0 Å². The Morgan fingerprint density at radius 3 is 2.92 bits per heavy atom. The molecule has 1 fully saturated rings. The van der Waals surface area contributed by atoms with E-state index in [-0.39, 0.29) is 0 Å². The van der Waals surface area contributed by atoms with Crippen LogP contribution < -0.4 is 10.2 Å². The summed E-state index contributed by atoms with van der Waals surface area (Å²) in [6.07, 6.45) is 5.88. The molecule has 0 saturated carbocycles. The van der Waals surface area contributed by atoms with Crippen LogP contribution in [0, 0.1) is 0 Å². The Balaban J connectivity index is 1.71. The van der Waals surface area contributed by atoms with E-state index in [0.717, 1.165) is 42.6 Å². The van der Waals surface area contributed by atoms with Gasteiger partial charge >= 0.3 is 0 Å². The number of aromatic nitrogens is 4. The highest BCUT2D eigenvalue weighted by atomic mass is 28.3. The maximum absolute atomic E-state index is 5.83. The molecule has 1 unspecified atom stereocenters. The molecule has 138 valence electrons. The highest BCUT2D eigenvalue weighted by Gasteiger charge is 2.22. The van der Waals surface area contributed by atoms with E-state index in [1.807, 2.05) is 10.9 Å². The predicted molar refractivity (Wildman–Crippen MR) is 104 cm³/mol. The fourth-order valence-electron chi connectivity index (χ4n) is 3.12. The van der Waals surface area contributed by atoms with Gasteiger partial charge in [0.05, 0.1) is 11.6 Å². The van der Waals surface area contributed by atoms with Gasteiger partial charge in [0.25, 0.3) is 0 Å². The second-order valence-electron chi connectivity index (χ2n) is 8.04. The fraction of sp³-hybridized carbons (Fsp3) is 0.706. The van der Waals surface area contributed by atoms with Crippen LogP contribution >= 0.6 is 0 Å². The molecular formula is C17H30N6OSi. The zero-order chi connectivity index (χ0) is 17.9. The van der Waals surface area contributed by atoms with Gasteiger partial charge in [0, 0.05) is 34.3 Å². The fourth-order valence-corrected chi connectivity index (χ4v) is 3.88. The molecule has 0 bridgehead atoms. The molecule has 1 saturated heterocycles. The Hall–Kier alpha value is -1.51. The van der Waals surface area contributed by atoms with Crippen molar-refractivity contribution in [3.63, 3.8) is 0 Å². The maximum Gasteiger partial charge on any atom is 0.165 e. The van der Waals surface area contributed by atoms with Gasteiger partial charge in [0.15, 0.2) is 5.65 Å². The Kier molecular flexibility index (Phi) is 5.70. The lowest BCUT2D eigenvalue weighted by Gasteiger charge is -2.32. The molecule has 1 N–H and O–H groups in total. The summed E-state index contributed by atoms with van der Waals surface area (Å²) < 4.78 is 7.66. The van der Waals surface area contributed by atoms with Gasteiger partial charge in [0.1, 0.15) is 18.9 Å². The second-order valence-corrected chi connectivity index (χ2v) is 13.7. The predicted octanol–water partition coefficient (Wildman–Crippen LogP) is 2.33. The minimum Gasteiger partial charge on any atom is -0.359 e. The number of piperidine rings is 1. The SMILES string of the molecule is CN(c1ncnc2c1cnn2COCC[Si](C)(C)C)C1CCCNC1. The van der Waals surface area contributed by atoms with Gasteiger partial charge in [-0.1, -0.05) is 19.6 Å². The molecule has 0 amide bonds. The van der Waals surface area contributed by atoms with E-state index in [1.165, 1.54) is 12.8 Å². The Bertz CT molecular complexity index is 692. The van der Waals surface area contributed by atoms with Crippen LogP contribution in [0.3, 0.4) is 0 Å². The summed E-state index contributed by atoms with van der Waals surface area (Å²) in [6.45, 7) is 10.4. The molecule has 0 aliphatic carbocycles. The number of anilines is 1. The highest BCUT2D eigenvalue weighted by molar-refractivity contribution is 6.76. The number of hydrogen-bond donors (Lipinski definition) is 1. The van der Waals surface area contributed by atoms with Crippen molar-refractivity contribution < 1.29 is 4.74 Å². The van der Waals surface area contributed by atoms with Crippen molar-refractivity contribution in [2.45, 2.75) is 51.3 Å². The summed E-state index contributed by atoms with van der Waals surface area (Å²) >= 11 is 0. The normalized spacial score (nSPS) is 18.6. The first kappa shape index (κ1) is 18.3. The van der Waals surface area contributed by atoms with E-state index in [1.54, 1.807) is 6.33 Å². The number of likely N-dealkylation sites (N-methyl/N-ethyl adjacent to an activating group) is 1. The first-order valence-electron chi connectivity index (χ1n) is 9.13. The lowest BCUT2D eigenvalue weighted by Crippen LogP contribution is -2.44. The van der Waals surface area contributed by atoms with Crippen molar-refractivity contribution >= 4 is 24.9 Å². The lowest BCUT2D eigenvalue weighted by atomic mass is 10.1. The number of fused-ring (bicyclic) bond motifs is 1. The van der Waals surface area contributed by atoms with Crippen LogP contribution in [0.4, 0.5) is 5.82 Å². The first-order chi connectivity index (χ1) is 12.0. The standard InChI is InChI=1S/C17H30N6OSi/c1-22(14-6-5-7-18-10-14)16-15-11-21-23(17(15)20-12-19-16)13-24-8-9-25(2,3)4/h11-12,14,18H,5-10,13H2,1-4H3. The average Bonchev–Trinajstić information content (AvgIpc) is 3.01. The van der Waals surface area contributed by atoms with Crippen LogP contribution in [0.2, 0.25) is 25.7 Å². The van der Waals surface area contributed by atoms with Crippen LogP contribution in [0.5, 0.6) is 0 Å². The third kappa shape index (κ3) is 4.56. The molecule has 2 aromatic heterocycles. The van der Waals surface area contributed by atoms with Crippen LogP contribution in [0.1, 0.15) is 12.8 Å². The molecule has 1 aliphatic rings. The zero-order valence-corrected chi connectivity index (χ0v) is 16.8. The molecule has 25 heavy (non-hydrogen) atoms. The van der Waals surface area contributed by atoms with Crippen LogP contribution in [-0.2, 0) is 11.5 Å². The third-order valence-corrected chi connectivity index (χ3v) is 6.48. The number of hydrogen-bond acceptors (Lipinski definition) is 6. The van der Waals surface area contributed by atoms with Crippen molar-refractivity contribution in [2.24, 2.45) is 0 Å². The van der Waals surface area contributed by atoms with Crippen molar-refractivity contribution in [2.75, 3.05) is 31.6 Å². The largest absolute Gasteiger partial charge is 0.359 e. The molecular weight excluding hydrogens is 332 g/mol. The van der Waals surface area contributed by atoms with Gasteiger partial charge in [-0.3, -0.25) is 0 Å². The van der Waals surface area contributed by atoms with Gasteiger partial charge in [-0.15, -0.1) is 0 Å². The summed E-state index contributed by atoms with van der Waals surface area (Å²) in [5.41, 5.74) is 0.841. The van der Waals surface area contributed by atoms with Gasteiger partial charge in [-0.2, -0.15) is 5.10 Å². The maximum atomic E-state index is 5.83. The quantitative estimate of drug-likeness (QED) is 0.602. The van der Waals surface area contributed by atoms with E-state index in [0.29, 0.717) is 12.8 Å². The van der Waals surface area contributed by atoms with Crippen molar-refractivity contribution in [3.05, 3.63) is 12.5 Å². The minimum atomic E-state index is -1.07. The summed E-state index contributed by atoms with van der Waals surface area (Å²) in [7, 11) is 1.04. The summed E-state index contributed by atoms with van der Waals surface area (Å²) in [5.74, 6) is 0.951. The Labute approximate surface area is 150 Å². The molecule has 3 rings (SSSR count). The molecule has 1 atom stereocenters. The Morgan fingerprint density at radius 1 is 1.36 bits per heavy atom. The van der Waals surface area contributed by atoms with Crippen LogP contribution in [-0.4, -0.2) is 60.6 Å². The molecule has 0 radical (unpaired) electrons. The number of rotatable bonds is 7. The van der Waals surface area contributed by atoms with Gasteiger partial charge in [0.2, 0.25) is 0 Å². The van der Waals surface area contributed by atoms with E-state index in [9.17, 15) is 0 Å². The van der Waals surface area contributed by atoms with Crippen LogP contribution in [0.15, 0.2) is 12.5 Å². The zero-order valence-electron chi connectivity index (χ0n) is 15.8. The summed E-state index contributed by atoms with van der Waals surface area (Å²) in [4.78, 5) is 11.2. The van der Waals surface area contributed by atoms with Gasteiger partial charge < -0.3 is 15.0 Å². The van der Waals surface area contributed by atoms with E-state index in [4.69, 9.17) is 4.74 Å². The molecule has 0 aromatic carbocycles. The van der Waals surface area contributed by atoms with E-state index >= 15 is 0 Å². The molecule has 0 spiro atoms. The van der Waals surface area contributed by atoms with Crippen molar-refractivity contribution in [1.82, 2.24) is 25.1 Å². The summed E-state index contributed by atoms with van der Waals surface area (Å²) in [5, 5.41) is 8.93. The van der Waals surface area contributed by atoms with E-state index < -0.39 is 8.07 Å². The van der Waals surface area contributed by atoms with Crippen LogP contribution in [0.25, 0.3) is 11.0 Å². The molecule has 2 aromatic rings. The molecule has 7 nitrogen and oxygen atoms in total. The first-order valence-corrected chi connectivity index (χ1v) is 12.8. The number of nitrogens with zero attached hydrogens (tertiary/aromatic N) is 5. The van der Waals surface area contributed by atoms with E-state index in [2.05, 4.69) is 52.0 Å². The average molecular weight is 363 g/mol. The molecule has 3 heterocycles. The third-order valence-electron chi connectivity index (χ3n) is 4.78. The van der Waals surface area contributed by atoms with Gasteiger partial charge in [-0.25, -0.2) is 14.6 Å². The number of nitrogens with one attached hydrogen (secondary N) is 1. The topological polar surface area (TPSA) is 68.1 Å². The Morgan fingerprint density at radius 2 is 2.20 bits per heavy atom. The molecule has 1 aliphatic heterocycles. The highest BCUT2D eigenvalue weighted by Crippen LogP contribution is 2.25. The monoisotopic (exact) mass is 362 g/mol. The van der Waals surface area contributed by atoms with Crippen molar-refractivity contribution in [3.8, 4) is 0 Å².